The molecule has 11 heteroatoms. The molecule has 2 fully saturated rings. The molecule has 0 spiro atoms. The molecule has 206 valence electrons. The van der Waals surface area contributed by atoms with Crippen LogP contribution in [0.5, 0.6) is 11.5 Å². The van der Waals surface area contributed by atoms with Gasteiger partial charge in [0.1, 0.15) is 23.5 Å². The zero-order valence-electron chi connectivity index (χ0n) is 21.3. The van der Waals surface area contributed by atoms with E-state index in [1.54, 1.807) is 12.3 Å². The molecule has 2 saturated heterocycles. The Kier molecular flexibility index (Phi) is 7.18. The fourth-order valence-corrected chi connectivity index (χ4v) is 5.31. The highest BCUT2D eigenvalue weighted by atomic mass is 19.4. The van der Waals surface area contributed by atoms with E-state index in [0.717, 1.165) is 68.5 Å². The van der Waals surface area contributed by atoms with Crippen molar-refractivity contribution >= 4 is 23.4 Å². The number of rotatable bonds is 9. The zero-order chi connectivity index (χ0) is 26.8. The van der Waals surface area contributed by atoms with Crippen LogP contribution in [0.4, 0.5) is 24.5 Å². The van der Waals surface area contributed by atoms with Crippen LogP contribution in [-0.4, -0.2) is 73.8 Å². The quantitative estimate of drug-likeness (QED) is 0.351. The van der Waals surface area contributed by atoms with Crippen LogP contribution in [0.15, 0.2) is 64.7 Å². The minimum absolute atomic E-state index is 0.0217. The highest BCUT2D eigenvalue weighted by Crippen LogP contribution is 2.52. The van der Waals surface area contributed by atoms with Crippen molar-refractivity contribution in [3.8, 4) is 11.5 Å². The molecule has 1 N–H and O–H groups in total. The molecule has 2 aromatic rings. The number of fused-ring (bicyclic) bond motifs is 3. The van der Waals surface area contributed by atoms with Crippen LogP contribution >= 0.6 is 0 Å². The third-order valence-corrected chi connectivity index (χ3v) is 7.18. The Balaban J connectivity index is 1.18. The van der Waals surface area contributed by atoms with Crippen molar-refractivity contribution in [3.05, 3.63) is 60.3 Å². The average Bonchev–Trinajstić information content (AvgIpc) is 3.65. The molecule has 3 unspecified atom stereocenters. The molecular weight excluding hydrogens is 511 g/mol. The normalized spacial score (nSPS) is 24.0. The number of hydrogen-bond acceptors (Lipinski definition) is 8. The third kappa shape index (κ3) is 6.04. The number of alkyl halides is 3. The lowest BCUT2D eigenvalue weighted by Crippen LogP contribution is -2.37. The monoisotopic (exact) mass is 541 g/mol. The summed E-state index contributed by atoms with van der Waals surface area (Å²) in [5.74, 6) is 1.42. The van der Waals surface area contributed by atoms with Gasteiger partial charge in [0.05, 0.1) is 37.5 Å². The minimum atomic E-state index is -4.75. The van der Waals surface area contributed by atoms with Crippen molar-refractivity contribution in [1.29, 1.82) is 0 Å². The van der Waals surface area contributed by atoms with Gasteiger partial charge in [-0.1, -0.05) is 12.1 Å². The second-order valence-electron chi connectivity index (χ2n) is 9.89. The summed E-state index contributed by atoms with van der Waals surface area (Å²) in [4.78, 5) is 13.8. The third-order valence-electron chi connectivity index (χ3n) is 7.18. The van der Waals surface area contributed by atoms with Crippen LogP contribution in [0.1, 0.15) is 24.4 Å². The van der Waals surface area contributed by atoms with E-state index in [1.165, 1.54) is 18.2 Å². The largest absolute Gasteiger partial charge is 0.573 e. The van der Waals surface area contributed by atoms with Gasteiger partial charge in [0.25, 0.3) is 0 Å². The topological polar surface area (TPSA) is 70.7 Å². The van der Waals surface area contributed by atoms with E-state index in [9.17, 15) is 13.2 Å². The Morgan fingerprint density at radius 2 is 1.95 bits per heavy atom. The van der Waals surface area contributed by atoms with Gasteiger partial charge in [-0.05, 0) is 43.2 Å². The van der Waals surface area contributed by atoms with Gasteiger partial charge in [0.2, 0.25) is 0 Å². The van der Waals surface area contributed by atoms with Crippen LogP contribution in [0.3, 0.4) is 0 Å². The van der Waals surface area contributed by atoms with E-state index in [4.69, 9.17) is 14.5 Å². The first-order valence-electron chi connectivity index (χ1n) is 13.2. The number of morpholine rings is 1. The van der Waals surface area contributed by atoms with Crippen LogP contribution < -0.4 is 14.8 Å². The summed E-state index contributed by atoms with van der Waals surface area (Å²) in [5, 5.41) is 3.38. The van der Waals surface area contributed by atoms with Crippen LogP contribution in [0.25, 0.3) is 0 Å². The fraction of sp³-hybridized carbons (Fsp3) is 0.429. The van der Waals surface area contributed by atoms with Crippen molar-refractivity contribution < 1.29 is 27.4 Å². The molecule has 0 saturated carbocycles. The molecule has 0 bridgehead atoms. The molecule has 4 aliphatic heterocycles. The van der Waals surface area contributed by atoms with E-state index in [-0.39, 0.29) is 23.9 Å². The molecule has 3 atom stereocenters. The van der Waals surface area contributed by atoms with Gasteiger partial charge in [0.15, 0.2) is 0 Å². The number of nitrogens with zero attached hydrogens (tertiary/aromatic N) is 4. The fourth-order valence-electron chi connectivity index (χ4n) is 5.31. The van der Waals surface area contributed by atoms with E-state index >= 15 is 0 Å². The van der Waals surface area contributed by atoms with Gasteiger partial charge in [0, 0.05) is 49.4 Å². The van der Waals surface area contributed by atoms with Crippen molar-refractivity contribution in [3.63, 3.8) is 0 Å². The predicted molar refractivity (Wildman–Crippen MR) is 142 cm³/mol. The van der Waals surface area contributed by atoms with Crippen LogP contribution in [-0.2, 0) is 4.74 Å². The molecule has 0 aromatic heterocycles. The molecule has 6 rings (SSSR count). The van der Waals surface area contributed by atoms with Gasteiger partial charge >= 0.3 is 6.36 Å². The summed E-state index contributed by atoms with van der Waals surface area (Å²) in [5.41, 5.74) is 2.42. The van der Waals surface area contributed by atoms with Gasteiger partial charge in [-0.25, -0.2) is 4.99 Å². The molecule has 0 radical (unpaired) electrons. The van der Waals surface area contributed by atoms with Crippen molar-refractivity contribution in [2.75, 3.05) is 44.8 Å². The lowest BCUT2D eigenvalue weighted by Gasteiger charge is -2.26. The standard InChI is InChI=1S/C28H30F3N5O3/c29-28(30,31)39-22-6-1-5-20(16-22)33-27-25-23-17-21(38-13-3-10-35-11-14-37-15-12-35)7-8-24(23)34-26(36(25)27)19-4-2-9-32-18-19/h1-2,5-9,16-19,25,27,33H,3-4,10-15H2. The maximum absolute atomic E-state index is 12.8. The Bertz CT molecular complexity index is 1280. The number of nitrogens with one attached hydrogen (secondary N) is 1. The molecule has 2 aromatic carbocycles. The molecule has 39 heavy (non-hydrogen) atoms. The molecule has 0 aliphatic carbocycles. The summed E-state index contributed by atoms with van der Waals surface area (Å²) in [6.07, 6.45) is 2.45. The lowest BCUT2D eigenvalue weighted by atomic mass is 10.0. The summed E-state index contributed by atoms with van der Waals surface area (Å²) < 4.78 is 53.9. The van der Waals surface area contributed by atoms with E-state index in [1.807, 2.05) is 30.5 Å². The zero-order valence-corrected chi connectivity index (χ0v) is 21.3. The second-order valence-corrected chi connectivity index (χ2v) is 9.89. The van der Waals surface area contributed by atoms with Crippen molar-refractivity contribution in [2.24, 2.45) is 15.9 Å². The number of halogens is 3. The van der Waals surface area contributed by atoms with E-state index < -0.39 is 6.36 Å². The van der Waals surface area contributed by atoms with Gasteiger partial charge in [-0.2, -0.15) is 0 Å². The number of allylic oxidation sites excluding steroid dienone is 1. The Hall–Kier alpha value is -3.57. The van der Waals surface area contributed by atoms with Gasteiger partial charge in [-0.15, -0.1) is 13.2 Å². The Morgan fingerprint density at radius 1 is 1.08 bits per heavy atom. The first-order valence-corrected chi connectivity index (χ1v) is 13.2. The first kappa shape index (κ1) is 25.7. The maximum atomic E-state index is 12.8. The summed E-state index contributed by atoms with van der Waals surface area (Å²) in [7, 11) is 0. The minimum Gasteiger partial charge on any atom is -0.494 e. The summed E-state index contributed by atoms with van der Waals surface area (Å²) in [6, 6.07) is 11.8. The van der Waals surface area contributed by atoms with E-state index in [0.29, 0.717) is 12.3 Å². The second kappa shape index (κ2) is 10.9. The highest BCUT2D eigenvalue weighted by molar-refractivity contribution is 6.02. The van der Waals surface area contributed by atoms with E-state index in [2.05, 4.69) is 24.8 Å². The number of aliphatic imine (C=N–C) groups is 2. The molecule has 8 nitrogen and oxygen atoms in total. The smallest absolute Gasteiger partial charge is 0.494 e. The highest BCUT2D eigenvalue weighted by Gasteiger charge is 2.55. The predicted octanol–water partition coefficient (Wildman–Crippen LogP) is 5.13. The summed E-state index contributed by atoms with van der Waals surface area (Å²) >= 11 is 0. The molecule has 4 aliphatic rings. The molecule has 4 heterocycles. The van der Waals surface area contributed by atoms with Crippen LogP contribution in [0.2, 0.25) is 0 Å². The molecular formula is C28H30F3N5O3. The maximum Gasteiger partial charge on any atom is 0.573 e. The van der Waals surface area contributed by atoms with Crippen LogP contribution in [0, 0.1) is 5.92 Å². The summed E-state index contributed by atoms with van der Waals surface area (Å²) in [6.45, 7) is 5.06. The number of hydrogen-bond donors (Lipinski definition) is 1. The van der Waals surface area contributed by atoms with Crippen molar-refractivity contribution in [2.45, 2.75) is 31.4 Å². The van der Waals surface area contributed by atoms with Crippen molar-refractivity contribution in [1.82, 2.24) is 9.80 Å². The number of benzene rings is 2. The molecule has 0 amide bonds. The SMILES string of the molecule is FC(F)(F)Oc1cccc(NC2C3c4cc(OCCCN5CCOCC5)ccc4N=C(C4C=NC=CC4)N23)c1. The number of ether oxygens (including phenoxy) is 3. The lowest BCUT2D eigenvalue weighted by molar-refractivity contribution is -0.274. The Labute approximate surface area is 224 Å². The Morgan fingerprint density at radius 3 is 2.74 bits per heavy atom. The number of amidine groups is 1. The average molecular weight is 542 g/mol. The van der Waals surface area contributed by atoms with Gasteiger partial charge < -0.3 is 24.4 Å². The van der Waals surface area contributed by atoms with Gasteiger partial charge in [-0.3, -0.25) is 9.89 Å². The number of anilines is 1. The first-order chi connectivity index (χ1) is 18.9.